The van der Waals surface area contributed by atoms with E-state index in [2.05, 4.69) is 39.5 Å². The molecule has 0 rings (SSSR count). The van der Waals surface area contributed by atoms with Gasteiger partial charge in [0, 0.05) is 11.1 Å². The fourth-order valence-electron chi connectivity index (χ4n) is 1.23. The Labute approximate surface area is 146 Å². The third-order valence-corrected chi connectivity index (χ3v) is 2.64. The summed E-state index contributed by atoms with van der Waals surface area (Å²) < 4.78 is 28.2. The van der Waals surface area contributed by atoms with Crippen molar-refractivity contribution in [3.8, 4) is 0 Å². The molecule has 0 N–H and O–H groups in total. The third kappa shape index (κ3) is 8.84. The number of halogens is 2. The van der Waals surface area contributed by atoms with Crippen molar-refractivity contribution in [3.63, 3.8) is 0 Å². The van der Waals surface area contributed by atoms with Crippen molar-refractivity contribution in [2.75, 3.05) is 0 Å². The maximum absolute atomic E-state index is 14.1. The normalized spacial score (nSPS) is 11.4. The van der Waals surface area contributed by atoms with Crippen LogP contribution < -0.4 is 0 Å². The number of hydrogen-bond donors (Lipinski definition) is 0. The summed E-state index contributed by atoms with van der Waals surface area (Å²) >= 11 is 0. The molecular formula is C22H28F2. The van der Waals surface area contributed by atoms with Crippen molar-refractivity contribution in [1.82, 2.24) is 0 Å². The molecule has 24 heavy (non-hydrogen) atoms. The van der Waals surface area contributed by atoms with Gasteiger partial charge in [-0.3, -0.25) is 0 Å². The van der Waals surface area contributed by atoms with E-state index in [1.54, 1.807) is 26.0 Å². The van der Waals surface area contributed by atoms with E-state index in [-0.39, 0.29) is 22.3 Å². The molecule has 0 spiro atoms. The van der Waals surface area contributed by atoms with E-state index in [1.807, 2.05) is 13.8 Å². The molecule has 0 fully saturated rings. The van der Waals surface area contributed by atoms with E-state index >= 15 is 0 Å². The monoisotopic (exact) mass is 330 g/mol. The highest BCUT2D eigenvalue weighted by Gasteiger charge is 2.15. The first kappa shape index (κ1) is 23.8. The van der Waals surface area contributed by atoms with E-state index in [9.17, 15) is 8.78 Å². The van der Waals surface area contributed by atoms with Crippen LogP contribution in [0.3, 0.4) is 0 Å². The molecule has 0 aliphatic heterocycles. The average Bonchev–Trinajstić information content (AvgIpc) is 2.56. The minimum Gasteiger partial charge on any atom is -0.203 e. The van der Waals surface area contributed by atoms with Crippen molar-refractivity contribution in [1.29, 1.82) is 0 Å². The molecule has 0 aliphatic rings. The lowest BCUT2D eigenvalue weighted by molar-refractivity contribution is 0.560. The number of hydrogen-bond acceptors (Lipinski definition) is 0. The van der Waals surface area contributed by atoms with E-state index in [0.29, 0.717) is 0 Å². The van der Waals surface area contributed by atoms with Crippen LogP contribution in [-0.4, -0.2) is 0 Å². The fourth-order valence-corrected chi connectivity index (χ4v) is 1.23. The van der Waals surface area contributed by atoms with Crippen LogP contribution in [0.2, 0.25) is 0 Å². The van der Waals surface area contributed by atoms with Gasteiger partial charge in [0.1, 0.15) is 0 Å². The Morgan fingerprint density at radius 2 is 0.833 bits per heavy atom. The fraction of sp³-hybridized carbons (Fsp3) is 0.182. The summed E-state index contributed by atoms with van der Waals surface area (Å²) in [5, 5.41) is 0. The molecule has 0 aromatic heterocycles. The topological polar surface area (TPSA) is 0 Å². The van der Waals surface area contributed by atoms with Gasteiger partial charge >= 0.3 is 0 Å². The van der Waals surface area contributed by atoms with Crippen LogP contribution in [0.4, 0.5) is 8.78 Å². The highest BCUT2D eigenvalue weighted by atomic mass is 19.2. The Kier molecular flexibility index (Phi) is 11.9. The standard InChI is InChI=1S/C20H22F2.C2H6/c1-13(2)9-11-15(5)17(7)19(21)20(22)18(8)16(6)12-10-14(3)4;1-2/h9-12H,1,3,5-8H2,2,4H3;1-2H3/b11-9-,12-10-,20-19-;. The Morgan fingerprint density at radius 3 is 1.04 bits per heavy atom. The summed E-state index contributed by atoms with van der Waals surface area (Å²) in [4.78, 5) is 0. The van der Waals surface area contributed by atoms with Crippen LogP contribution in [0.5, 0.6) is 0 Å². The molecule has 0 unspecified atom stereocenters. The quantitative estimate of drug-likeness (QED) is 0.401. The van der Waals surface area contributed by atoms with E-state index in [1.165, 1.54) is 12.2 Å². The van der Waals surface area contributed by atoms with Crippen molar-refractivity contribution >= 4 is 0 Å². The molecule has 0 heterocycles. The van der Waals surface area contributed by atoms with Gasteiger partial charge in [-0.25, -0.2) is 8.78 Å². The van der Waals surface area contributed by atoms with Crippen molar-refractivity contribution < 1.29 is 8.78 Å². The van der Waals surface area contributed by atoms with Crippen molar-refractivity contribution in [3.05, 3.63) is 109 Å². The summed E-state index contributed by atoms with van der Waals surface area (Å²) in [5.74, 6) is -2.21. The molecular weight excluding hydrogens is 302 g/mol. The summed E-state index contributed by atoms with van der Waals surface area (Å²) in [6.45, 7) is 29.2. The molecule has 0 aromatic carbocycles. The molecule has 0 radical (unpaired) electrons. The van der Waals surface area contributed by atoms with Gasteiger partial charge < -0.3 is 0 Å². The lowest BCUT2D eigenvalue weighted by atomic mass is 10.0. The minimum atomic E-state index is -1.11. The molecule has 2 heteroatoms. The van der Waals surface area contributed by atoms with Gasteiger partial charge in [-0.05, 0) is 25.0 Å². The van der Waals surface area contributed by atoms with Crippen molar-refractivity contribution in [2.45, 2.75) is 27.7 Å². The third-order valence-electron chi connectivity index (χ3n) is 2.64. The molecule has 0 bridgehead atoms. The second-order valence-corrected chi connectivity index (χ2v) is 4.99. The first-order chi connectivity index (χ1) is 11.1. The van der Waals surface area contributed by atoms with Crippen LogP contribution in [0.1, 0.15) is 27.7 Å². The molecule has 0 saturated heterocycles. The summed E-state index contributed by atoms with van der Waals surface area (Å²) in [6, 6.07) is 0. The summed E-state index contributed by atoms with van der Waals surface area (Å²) in [5.41, 5.74) is 1.75. The Balaban J connectivity index is 0. The molecule has 0 aromatic rings. The predicted octanol–water partition coefficient (Wildman–Crippen LogP) is 7.65. The van der Waals surface area contributed by atoms with Crippen LogP contribution in [0.15, 0.2) is 109 Å². The molecule has 0 saturated carbocycles. The van der Waals surface area contributed by atoms with Gasteiger partial charge in [0.25, 0.3) is 0 Å². The van der Waals surface area contributed by atoms with Crippen LogP contribution in [0.25, 0.3) is 0 Å². The highest BCUT2D eigenvalue weighted by Crippen LogP contribution is 2.29. The largest absolute Gasteiger partial charge is 0.203 e. The summed E-state index contributed by atoms with van der Waals surface area (Å²) in [6.07, 6.45) is 6.33. The van der Waals surface area contributed by atoms with Gasteiger partial charge in [-0.1, -0.05) is 88.8 Å². The Hall–Kier alpha value is -2.48. The average molecular weight is 330 g/mol. The predicted molar refractivity (Wildman–Crippen MR) is 105 cm³/mol. The lowest BCUT2D eigenvalue weighted by Gasteiger charge is -2.08. The summed E-state index contributed by atoms with van der Waals surface area (Å²) in [7, 11) is 0. The second kappa shape index (κ2) is 12.0. The smallest absolute Gasteiger partial charge is 0.166 e. The first-order valence-electron chi connectivity index (χ1n) is 7.57. The maximum atomic E-state index is 14.1. The van der Waals surface area contributed by atoms with E-state index in [4.69, 9.17) is 0 Å². The Bertz CT molecular complexity index is 579. The van der Waals surface area contributed by atoms with Gasteiger partial charge in [0.15, 0.2) is 11.7 Å². The molecule has 0 nitrogen and oxygen atoms in total. The molecule has 0 amide bonds. The highest BCUT2D eigenvalue weighted by molar-refractivity contribution is 5.55. The Morgan fingerprint density at radius 1 is 0.583 bits per heavy atom. The van der Waals surface area contributed by atoms with Gasteiger partial charge in [-0.2, -0.15) is 0 Å². The zero-order chi connectivity index (χ0) is 19.4. The van der Waals surface area contributed by atoms with Gasteiger partial charge in [-0.15, -0.1) is 0 Å². The minimum absolute atomic E-state index is 0.146. The molecule has 130 valence electrons. The number of allylic oxidation sites excluding steroid dienone is 12. The second-order valence-electron chi connectivity index (χ2n) is 4.99. The van der Waals surface area contributed by atoms with E-state index in [0.717, 1.165) is 11.1 Å². The van der Waals surface area contributed by atoms with Crippen LogP contribution >= 0.6 is 0 Å². The SMILES string of the molecule is C=C(C)/C=C\C(=C)C(=C)/C(F)=C(/F)C(=C)C(=C)/C=C\C(=C)C.CC. The van der Waals surface area contributed by atoms with Gasteiger partial charge in [0.05, 0.1) is 0 Å². The van der Waals surface area contributed by atoms with Crippen molar-refractivity contribution in [2.24, 2.45) is 0 Å². The first-order valence-corrected chi connectivity index (χ1v) is 7.57. The van der Waals surface area contributed by atoms with Crippen LogP contribution in [-0.2, 0) is 0 Å². The zero-order valence-electron chi connectivity index (χ0n) is 15.3. The lowest BCUT2D eigenvalue weighted by Crippen LogP contribution is -1.93. The molecule has 0 aliphatic carbocycles. The van der Waals surface area contributed by atoms with Gasteiger partial charge in [0.2, 0.25) is 0 Å². The zero-order valence-corrected chi connectivity index (χ0v) is 15.3. The van der Waals surface area contributed by atoms with E-state index < -0.39 is 11.7 Å². The van der Waals surface area contributed by atoms with Crippen LogP contribution in [0, 0.1) is 0 Å². The maximum Gasteiger partial charge on any atom is 0.166 e. The number of rotatable bonds is 8. The molecule has 0 atom stereocenters.